The number of hydrogen-bond acceptors (Lipinski definition) is 5. The van der Waals surface area contributed by atoms with Crippen LogP contribution in [0.3, 0.4) is 0 Å². The topological polar surface area (TPSA) is 73.9 Å². The number of ether oxygens (including phenoxy) is 3. The van der Waals surface area contributed by atoms with Crippen LogP contribution < -0.4 is 19.9 Å². The molecule has 2 rings (SSSR count). The average molecular weight is 211 g/mol. The first kappa shape index (κ1) is 10.1. The number of benzene rings is 1. The maximum Gasteiger partial charge on any atom is 0.231 e. The van der Waals surface area contributed by atoms with Crippen molar-refractivity contribution < 1.29 is 19.3 Å². The molecule has 0 saturated carbocycles. The van der Waals surface area contributed by atoms with Crippen molar-refractivity contribution in [1.82, 2.24) is 0 Å². The molecule has 1 aliphatic rings. The second-order valence-electron chi connectivity index (χ2n) is 3.20. The smallest absolute Gasteiger partial charge is 0.231 e. The fraction of sp³-hybridized carbons (Fsp3) is 0.400. The van der Waals surface area contributed by atoms with Gasteiger partial charge in [-0.15, -0.1) is 0 Å². The molecule has 1 heterocycles. The zero-order valence-electron chi connectivity index (χ0n) is 8.40. The van der Waals surface area contributed by atoms with E-state index in [1.807, 2.05) is 0 Å². The van der Waals surface area contributed by atoms with Gasteiger partial charge < -0.3 is 25.1 Å². The Kier molecular flexibility index (Phi) is 2.66. The standard InChI is InChI=1S/C10H13NO4/c1-13-6-2-7(8(12)4-11)10-9(3-6)14-5-15-10/h2-3,8,12H,4-5,11H2,1H3. The summed E-state index contributed by atoms with van der Waals surface area (Å²) in [6, 6.07) is 3.42. The van der Waals surface area contributed by atoms with E-state index in [9.17, 15) is 5.11 Å². The van der Waals surface area contributed by atoms with E-state index in [-0.39, 0.29) is 13.3 Å². The largest absolute Gasteiger partial charge is 0.497 e. The van der Waals surface area contributed by atoms with E-state index in [4.69, 9.17) is 19.9 Å². The van der Waals surface area contributed by atoms with Crippen molar-refractivity contribution in [3.8, 4) is 17.2 Å². The summed E-state index contributed by atoms with van der Waals surface area (Å²) in [7, 11) is 1.55. The molecule has 1 aliphatic heterocycles. The van der Waals surface area contributed by atoms with E-state index in [0.717, 1.165) is 0 Å². The first-order chi connectivity index (χ1) is 7.26. The summed E-state index contributed by atoms with van der Waals surface area (Å²) in [5.41, 5.74) is 6.00. The zero-order valence-corrected chi connectivity index (χ0v) is 8.40. The van der Waals surface area contributed by atoms with Crippen molar-refractivity contribution in [3.05, 3.63) is 17.7 Å². The third-order valence-corrected chi connectivity index (χ3v) is 2.29. The highest BCUT2D eigenvalue weighted by atomic mass is 16.7. The van der Waals surface area contributed by atoms with Crippen molar-refractivity contribution in [3.63, 3.8) is 0 Å². The lowest BCUT2D eigenvalue weighted by Crippen LogP contribution is -2.12. The summed E-state index contributed by atoms with van der Waals surface area (Å²) in [6.07, 6.45) is -0.768. The second kappa shape index (κ2) is 3.96. The lowest BCUT2D eigenvalue weighted by atomic mass is 10.1. The number of rotatable bonds is 3. The molecule has 0 aromatic heterocycles. The monoisotopic (exact) mass is 211 g/mol. The lowest BCUT2D eigenvalue weighted by Gasteiger charge is -2.12. The zero-order chi connectivity index (χ0) is 10.8. The maximum absolute atomic E-state index is 9.70. The van der Waals surface area contributed by atoms with Crippen molar-refractivity contribution in [1.29, 1.82) is 0 Å². The SMILES string of the molecule is COc1cc2c(c(C(O)CN)c1)OCO2. The summed E-state index contributed by atoms with van der Waals surface area (Å²) in [5.74, 6) is 1.74. The molecule has 15 heavy (non-hydrogen) atoms. The quantitative estimate of drug-likeness (QED) is 0.757. The highest BCUT2D eigenvalue weighted by molar-refractivity contribution is 5.54. The number of fused-ring (bicyclic) bond motifs is 1. The van der Waals surface area contributed by atoms with Gasteiger partial charge in [0.15, 0.2) is 11.5 Å². The van der Waals surface area contributed by atoms with Crippen LogP contribution in [0.4, 0.5) is 0 Å². The van der Waals surface area contributed by atoms with E-state index in [1.54, 1.807) is 19.2 Å². The molecule has 0 spiro atoms. The van der Waals surface area contributed by atoms with E-state index >= 15 is 0 Å². The second-order valence-corrected chi connectivity index (χ2v) is 3.20. The minimum Gasteiger partial charge on any atom is -0.497 e. The van der Waals surface area contributed by atoms with Gasteiger partial charge in [-0.3, -0.25) is 0 Å². The predicted molar refractivity (Wildman–Crippen MR) is 53.1 cm³/mol. The summed E-state index contributed by atoms with van der Waals surface area (Å²) >= 11 is 0. The maximum atomic E-state index is 9.70. The van der Waals surface area contributed by atoms with E-state index in [2.05, 4.69) is 0 Å². The Balaban J connectivity index is 2.47. The van der Waals surface area contributed by atoms with Crippen LogP contribution in [0.5, 0.6) is 17.2 Å². The Morgan fingerprint density at radius 3 is 3.00 bits per heavy atom. The molecule has 0 amide bonds. The Hall–Kier alpha value is -1.46. The Morgan fingerprint density at radius 2 is 2.33 bits per heavy atom. The van der Waals surface area contributed by atoms with Gasteiger partial charge >= 0.3 is 0 Å². The van der Waals surface area contributed by atoms with Crippen LogP contribution in [0.15, 0.2) is 12.1 Å². The normalized spacial score (nSPS) is 15.1. The third kappa shape index (κ3) is 1.71. The number of nitrogens with two attached hydrogens (primary N) is 1. The number of hydrogen-bond donors (Lipinski definition) is 2. The first-order valence-corrected chi connectivity index (χ1v) is 4.62. The molecule has 0 bridgehead atoms. The third-order valence-electron chi connectivity index (χ3n) is 2.29. The molecular formula is C10H13NO4. The molecule has 1 aromatic rings. The Morgan fingerprint density at radius 1 is 1.53 bits per heavy atom. The van der Waals surface area contributed by atoms with Crippen molar-refractivity contribution >= 4 is 0 Å². The Labute approximate surface area is 87.4 Å². The molecule has 82 valence electrons. The minimum absolute atomic E-state index is 0.128. The van der Waals surface area contributed by atoms with Gasteiger partial charge in [0.1, 0.15) is 5.75 Å². The predicted octanol–water partition coefficient (Wildman–Crippen LogP) is 0.416. The molecule has 0 saturated heterocycles. The van der Waals surface area contributed by atoms with Crippen molar-refractivity contribution in [2.75, 3.05) is 20.4 Å². The average Bonchev–Trinajstić information content (AvgIpc) is 2.74. The fourth-order valence-corrected chi connectivity index (χ4v) is 1.50. The van der Waals surface area contributed by atoms with Crippen LogP contribution in [0, 0.1) is 0 Å². The van der Waals surface area contributed by atoms with Crippen molar-refractivity contribution in [2.24, 2.45) is 5.73 Å². The van der Waals surface area contributed by atoms with Gasteiger partial charge in [-0.1, -0.05) is 0 Å². The molecule has 0 aliphatic carbocycles. The lowest BCUT2D eigenvalue weighted by molar-refractivity contribution is 0.161. The van der Waals surface area contributed by atoms with Gasteiger partial charge in [-0.2, -0.15) is 0 Å². The molecule has 1 unspecified atom stereocenters. The molecule has 5 nitrogen and oxygen atoms in total. The summed E-state index contributed by atoms with van der Waals surface area (Å²) in [6.45, 7) is 0.287. The summed E-state index contributed by atoms with van der Waals surface area (Å²) in [4.78, 5) is 0. The van der Waals surface area contributed by atoms with E-state index in [0.29, 0.717) is 22.8 Å². The van der Waals surface area contributed by atoms with Crippen LogP contribution in [-0.4, -0.2) is 25.6 Å². The minimum atomic E-state index is -0.768. The molecule has 0 fully saturated rings. The van der Waals surface area contributed by atoms with Gasteiger partial charge in [0.25, 0.3) is 0 Å². The Bertz CT molecular complexity index is 367. The highest BCUT2D eigenvalue weighted by Crippen LogP contribution is 2.41. The van der Waals surface area contributed by atoms with Crippen LogP contribution in [0.2, 0.25) is 0 Å². The summed E-state index contributed by atoms with van der Waals surface area (Å²) < 4.78 is 15.6. The number of methoxy groups -OCH3 is 1. The molecule has 1 aromatic carbocycles. The first-order valence-electron chi connectivity index (χ1n) is 4.62. The van der Waals surface area contributed by atoms with Crippen LogP contribution >= 0.6 is 0 Å². The molecular weight excluding hydrogens is 198 g/mol. The van der Waals surface area contributed by atoms with Crippen LogP contribution in [0.25, 0.3) is 0 Å². The van der Waals surface area contributed by atoms with Crippen molar-refractivity contribution in [2.45, 2.75) is 6.10 Å². The van der Waals surface area contributed by atoms with Crippen LogP contribution in [0.1, 0.15) is 11.7 Å². The van der Waals surface area contributed by atoms with Crippen LogP contribution in [-0.2, 0) is 0 Å². The number of aliphatic hydroxyl groups excluding tert-OH is 1. The molecule has 0 radical (unpaired) electrons. The molecule has 5 heteroatoms. The van der Waals surface area contributed by atoms with E-state index < -0.39 is 6.10 Å². The van der Waals surface area contributed by atoms with E-state index in [1.165, 1.54) is 0 Å². The highest BCUT2D eigenvalue weighted by Gasteiger charge is 2.23. The molecule has 1 atom stereocenters. The van der Waals surface area contributed by atoms with Gasteiger partial charge in [0.05, 0.1) is 13.2 Å². The summed E-state index contributed by atoms with van der Waals surface area (Å²) in [5, 5.41) is 9.70. The molecule has 3 N–H and O–H groups in total. The van der Waals surface area contributed by atoms with Gasteiger partial charge in [0.2, 0.25) is 6.79 Å². The van der Waals surface area contributed by atoms with Gasteiger partial charge in [-0.05, 0) is 6.07 Å². The van der Waals surface area contributed by atoms with Gasteiger partial charge in [0, 0.05) is 18.2 Å². The van der Waals surface area contributed by atoms with Gasteiger partial charge in [-0.25, -0.2) is 0 Å². The number of aliphatic hydroxyl groups is 1. The fourth-order valence-electron chi connectivity index (χ4n) is 1.50.